The Morgan fingerprint density at radius 2 is 1.87 bits per heavy atom. The highest BCUT2D eigenvalue weighted by atomic mass is 32.2. The third-order valence-corrected chi connectivity index (χ3v) is 6.12. The topological polar surface area (TPSA) is 123 Å². The van der Waals surface area contributed by atoms with Gasteiger partial charge in [-0.1, -0.05) is 36.4 Å². The molecule has 3 aromatic rings. The van der Waals surface area contributed by atoms with Crippen LogP contribution in [0.1, 0.15) is 18.9 Å². The van der Waals surface area contributed by atoms with Crippen molar-refractivity contribution in [2.24, 2.45) is 0 Å². The van der Waals surface area contributed by atoms with E-state index in [4.69, 9.17) is 9.84 Å². The molecule has 0 radical (unpaired) electrons. The van der Waals surface area contributed by atoms with Crippen LogP contribution >= 0.6 is 0 Å². The van der Waals surface area contributed by atoms with E-state index in [1.165, 1.54) is 18.2 Å². The zero-order valence-corrected chi connectivity index (χ0v) is 17.6. The molecule has 0 saturated carbocycles. The maximum absolute atomic E-state index is 12.8. The van der Waals surface area contributed by atoms with Crippen molar-refractivity contribution < 1.29 is 27.9 Å². The van der Waals surface area contributed by atoms with Gasteiger partial charge in [0.25, 0.3) is 0 Å². The molecule has 1 aromatic heterocycles. The van der Waals surface area contributed by atoms with Gasteiger partial charge in [-0.3, -0.25) is 9.78 Å². The Bertz CT molecular complexity index is 1190. The van der Waals surface area contributed by atoms with Gasteiger partial charge in [0.2, 0.25) is 10.0 Å². The fourth-order valence-corrected chi connectivity index (χ4v) is 4.55. The van der Waals surface area contributed by atoms with Crippen LogP contribution in [-0.2, 0) is 26.0 Å². The Hall–Kier alpha value is -3.30. The van der Waals surface area contributed by atoms with Gasteiger partial charge in [0, 0.05) is 24.2 Å². The lowest BCUT2D eigenvalue weighted by atomic mass is 10.0. The quantitative estimate of drug-likeness (QED) is 0.463. The van der Waals surface area contributed by atoms with Crippen molar-refractivity contribution in [2.75, 3.05) is 0 Å². The molecule has 2 N–H and O–H groups in total. The number of aromatic nitrogens is 1. The van der Waals surface area contributed by atoms with Crippen molar-refractivity contribution in [2.45, 2.75) is 36.8 Å². The molecule has 8 nitrogen and oxygen atoms in total. The van der Waals surface area contributed by atoms with E-state index < -0.39 is 28.5 Å². The first-order chi connectivity index (χ1) is 14.8. The highest BCUT2D eigenvalue weighted by Crippen LogP contribution is 2.26. The molecule has 1 heterocycles. The van der Waals surface area contributed by atoms with Gasteiger partial charge in [0.15, 0.2) is 0 Å². The lowest BCUT2D eigenvalue weighted by molar-refractivity contribution is -0.138. The summed E-state index contributed by atoms with van der Waals surface area (Å²) in [6.45, 7) is 1.82. The van der Waals surface area contributed by atoms with E-state index in [-0.39, 0.29) is 23.0 Å². The minimum atomic E-state index is -4.18. The molecule has 0 spiro atoms. The van der Waals surface area contributed by atoms with E-state index in [0.29, 0.717) is 6.42 Å². The molecule has 3 rings (SSSR count). The van der Waals surface area contributed by atoms with Crippen LogP contribution in [-0.4, -0.2) is 42.9 Å². The molecular formula is C22H22N2O6S. The van der Waals surface area contributed by atoms with Gasteiger partial charge in [-0.25, -0.2) is 13.1 Å². The number of carbonyl (C=O) groups excluding carboxylic acids is 1. The average molecular weight is 442 g/mol. The number of nitrogens with zero attached hydrogens (tertiary/aromatic N) is 1. The number of aliphatic carboxylic acids is 1. The molecule has 0 amide bonds. The molecule has 0 aliphatic rings. The lowest BCUT2D eigenvalue weighted by Gasteiger charge is -2.19. The number of carboxylic acid groups (broad SMARTS) is 1. The number of benzene rings is 2. The second-order valence-electron chi connectivity index (χ2n) is 7.06. The molecule has 2 atom stereocenters. The first-order valence-corrected chi connectivity index (χ1v) is 11.0. The van der Waals surface area contributed by atoms with Crippen LogP contribution in [0.4, 0.5) is 0 Å². The zero-order valence-electron chi connectivity index (χ0n) is 16.8. The minimum Gasteiger partial charge on any atom is -0.489 e. The van der Waals surface area contributed by atoms with Crippen LogP contribution in [0.2, 0.25) is 0 Å². The van der Waals surface area contributed by atoms with Gasteiger partial charge in [-0.05, 0) is 30.0 Å². The second-order valence-corrected chi connectivity index (χ2v) is 8.74. The number of hydrogen-bond donors (Lipinski definition) is 2. The second kappa shape index (κ2) is 9.67. The standard InChI is InChI=1S/C22H22N2O6S/c1-15(10-17-13-23-12-16-6-2-3-7-19(16)17)30-20-8-4-5-9-21(20)31(28,29)24-18(14-25)11-22(26)27/h2-9,12-15,18,24H,10-11H2,1H3,(H,26,27). The molecular weight excluding hydrogens is 420 g/mol. The molecule has 9 heteroatoms. The summed E-state index contributed by atoms with van der Waals surface area (Å²) in [6.07, 6.45) is 3.24. The lowest BCUT2D eigenvalue weighted by Crippen LogP contribution is -2.37. The van der Waals surface area contributed by atoms with Crippen LogP contribution in [0, 0.1) is 0 Å². The number of rotatable bonds is 10. The van der Waals surface area contributed by atoms with Crippen LogP contribution in [0.5, 0.6) is 5.75 Å². The van der Waals surface area contributed by atoms with Gasteiger partial charge < -0.3 is 14.6 Å². The first-order valence-electron chi connectivity index (χ1n) is 9.57. The van der Waals surface area contributed by atoms with Crippen molar-refractivity contribution in [1.82, 2.24) is 9.71 Å². The largest absolute Gasteiger partial charge is 0.489 e. The number of pyridine rings is 1. The molecule has 2 aromatic carbocycles. The van der Waals surface area contributed by atoms with Crippen molar-refractivity contribution >= 4 is 33.1 Å². The Balaban J connectivity index is 1.81. The summed E-state index contributed by atoms with van der Waals surface area (Å²) in [7, 11) is -4.18. The smallest absolute Gasteiger partial charge is 0.305 e. The van der Waals surface area contributed by atoms with Crippen molar-refractivity contribution in [1.29, 1.82) is 0 Å². The fourth-order valence-electron chi connectivity index (χ4n) is 3.25. The average Bonchev–Trinajstić information content (AvgIpc) is 2.73. The summed E-state index contributed by atoms with van der Waals surface area (Å²) < 4.78 is 33.6. The van der Waals surface area contributed by atoms with Crippen molar-refractivity contribution in [3.8, 4) is 5.75 Å². The third kappa shape index (κ3) is 5.65. The van der Waals surface area contributed by atoms with Gasteiger partial charge >= 0.3 is 5.97 Å². The number of sulfonamides is 1. The minimum absolute atomic E-state index is 0.107. The molecule has 0 aliphatic heterocycles. The molecule has 0 aliphatic carbocycles. The maximum Gasteiger partial charge on any atom is 0.305 e. The van der Waals surface area contributed by atoms with Crippen LogP contribution in [0.15, 0.2) is 65.8 Å². The van der Waals surface area contributed by atoms with E-state index in [2.05, 4.69) is 9.71 Å². The summed E-state index contributed by atoms with van der Waals surface area (Å²) >= 11 is 0. The molecule has 0 fully saturated rings. The van der Waals surface area contributed by atoms with E-state index in [1.54, 1.807) is 18.5 Å². The first kappa shape index (κ1) is 22.4. The van der Waals surface area contributed by atoms with Gasteiger partial charge in [0.1, 0.15) is 23.0 Å². The van der Waals surface area contributed by atoms with Gasteiger partial charge in [-0.15, -0.1) is 0 Å². The number of hydrogen-bond acceptors (Lipinski definition) is 6. The number of aldehydes is 1. The van der Waals surface area contributed by atoms with Gasteiger partial charge in [-0.2, -0.15) is 0 Å². The molecule has 162 valence electrons. The van der Waals surface area contributed by atoms with E-state index in [0.717, 1.165) is 16.3 Å². The summed E-state index contributed by atoms with van der Waals surface area (Å²) in [4.78, 5) is 26.0. The highest BCUT2D eigenvalue weighted by molar-refractivity contribution is 7.89. The van der Waals surface area contributed by atoms with Crippen molar-refractivity contribution in [3.05, 3.63) is 66.5 Å². The van der Waals surface area contributed by atoms with E-state index in [9.17, 15) is 18.0 Å². The summed E-state index contributed by atoms with van der Waals surface area (Å²) in [5, 5.41) is 10.9. The number of nitrogens with one attached hydrogen (secondary N) is 1. The maximum atomic E-state index is 12.8. The number of carbonyl (C=O) groups is 2. The normalized spacial score (nSPS) is 13.5. The number of fused-ring (bicyclic) bond motifs is 1. The molecule has 31 heavy (non-hydrogen) atoms. The Morgan fingerprint density at radius 1 is 1.16 bits per heavy atom. The number of carboxylic acids is 1. The molecule has 0 saturated heterocycles. The third-order valence-electron chi connectivity index (χ3n) is 4.59. The fraction of sp³-hybridized carbons (Fsp3) is 0.227. The zero-order chi connectivity index (χ0) is 22.4. The van der Waals surface area contributed by atoms with E-state index in [1.807, 2.05) is 31.2 Å². The monoisotopic (exact) mass is 442 g/mol. The number of ether oxygens (including phenoxy) is 1. The summed E-state index contributed by atoms with van der Waals surface area (Å²) in [6, 6.07) is 12.4. The van der Waals surface area contributed by atoms with E-state index >= 15 is 0 Å². The Kier molecular flexibility index (Phi) is 6.98. The Morgan fingerprint density at radius 3 is 2.61 bits per heavy atom. The molecule has 0 bridgehead atoms. The van der Waals surface area contributed by atoms with Crippen LogP contribution in [0.3, 0.4) is 0 Å². The summed E-state index contributed by atoms with van der Waals surface area (Å²) in [5.41, 5.74) is 0.964. The Labute approximate surface area is 179 Å². The SMILES string of the molecule is CC(Cc1cncc2ccccc12)Oc1ccccc1S(=O)(=O)NC(C=O)CC(=O)O. The van der Waals surface area contributed by atoms with Crippen molar-refractivity contribution in [3.63, 3.8) is 0 Å². The predicted molar refractivity (Wildman–Crippen MR) is 114 cm³/mol. The summed E-state index contributed by atoms with van der Waals surface area (Å²) in [5.74, 6) is -1.18. The van der Waals surface area contributed by atoms with Crippen LogP contribution in [0.25, 0.3) is 10.8 Å². The molecule has 2 unspecified atom stereocenters. The van der Waals surface area contributed by atoms with Gasteiger partial charge in [0.05, 0.1) is 12.5 Å². The predicted octanol–water partition coefficient (Wildman–Crippen LogP) is 2.57. The number of para-hydroxylation sites is 1. The highest BCUT2D eigenvalue weighted by Gasteiger charge is 2.25. The van der Waals surface area contributed by atoms with Crippen LogP contribution < -0.4 is 9.46 Å².